The van der Waals surface area contributed by atoms with Gasteiger partial charge in [-0.25, -0.2) is 0 Å². The fourth-order valence-electron chi connectivity index (χ4n) is 1.16. The molecule has 0 radical (unpaired) electrons. The molecule has 0 bridgehead atoms. The summed E-state index contributed by atoms with van der Waals surface area (Å²) in [5.74, 6) is 0. The van der Waals surface area contributed by atoms with Crippen molar-refractivity contribution >= 4 is 16.3 Å². The number of anilines is 1. The molecule has 1 aromatic heterocycles. The molecule has 0 aliphatic heterocycles. The van der Waals surface area contributed by atoms with Gasteiger partial charge >= 0.3 is 0 Å². The van der Waals surface area contributed by atoms with Gasteiger partial charge in [-0.05, 0) is 26.6 Å². The molecule has 0 aliphatic carbocycles. The van der Waals surface area contributed by atoms with Crippen LogP contribution in [0.5, 0.6) is 0 Å². The van der Waals surface area contributed by atoms with Gasteiger partial charge in [-0.2, -0.15) is 5.26 Å². The molecule has 1 heterocycles. The van der Waals surface area contributed by atoms with Crippen LogP contribution in [0.25, 0.3) is 0 Å². The summed E-state index contributed by atoms with van der Waals surface area (Å²) in [6, 6.07) is 2.12. The van der Waals surface area contributed by atoms with Gasteiger partial charge < -0.3 is 10.6 Å². The van der Waals surface area contributed by atoms with Crippen molar-refractivity contribution in [3.63, 3.8) is 0 Å². The highest BCUT2D eigenvalue weighted by Crippen LogP contribution is 2.30. The number of rotatable bonds is 2. The van der Waals surface area contributed by atoms with Gasteiger partial charge in [-0.1, -0.05) is 0 Å². The number of hydrogen-bond donors (Lipinski definition) is 1. The maximum atomic E-state index is 8.81. The van der Waals surface area contributed by atoms with E-state index in [1.54, 1.807) is 0 Å². The van der Waals surface area contributed by atoms with Crippen LogP contribution in [0.4, 0.5) is 5.00 Å². The molecule has 0 aliphatic rings. The van der Waals surface area contributed by atoms with E-state index in [2.05, 4.69) is 11.0 Å². The summed E-state index contributed by atoms with van der Waals surface area (Å²) in [5, 5.41) is 9.45. The minimum absolute atomic E-state index is 0.636. The minimum atomic E-state index is 0.636. The Morgan fingerprint density at radius 1 is 1.54 bits per heavy atom. The van der Waals surface area contributed by atoms with Crippen LogP contribution in [-0.4, -0.2) is 19.0 Å². The minimum Gasteiger partial charge on any atom is -0.389 e. The van der Waals surface area contributed by atoms with Crippen LogP contribution in [-0.2, 0) is 6.54 Å². The molecule has 13 heavy (non-hydrogen) atoms. The van der Waals surface area contributed by atoms with Crippen molar-refractivity contribution in [2.45, 2.75) is 13.5 Å². The molecule has 0 saturated carbocycles. The highest BCUT2D eigenvalue weighted by atomic mass is 32.1. The number of nitrogens with zero attached hydrogens (tertiary/aromatic N) is 2. The fraction of sp³-hybridized carbons (Fsp3) is 0.444. The average molecular weight is 195 g/mol. The Morgan fingerprint density at radius 3 is 2.54 bits per heavy atom. The van der Waals surface area contributed by atoms with Crippen LogP contribution in [0.15, 0.2) is 0 Å². The molecule has 0 unspecified atom stereocenters. The molecular weight excluding hydrogens is 182 g/mol. The highest BCUT2D eigenvalue weighted by Gasteiger charge is 2.12. The third kappa shape index (κ3) is 2.00. The van der Waals surface area contributed by atoms with Crippen molar-refractivity contribution in [2.24, 2.45) is 0 Å². The predicted octanol–water partition coefficient (Wildman–Crippen LogP) is 1.57. The number of nitriles is 1. The van der Waals surface area contributed by atoms with Gasteiger partial charge in [0.15, 0.2) is 0 Å². The molecule has 0 aromatic carbocycles. The van der Waals surface area contributed by atoms with Gasteiger partial charge in [0.25, 0.3) is 0 Å². The van der Waals surface area contributed by atoms with Crippen LogP contribution in [0, 0.1) is 18.3 Å². The fourth-order valence-corrected chi connectivity index (χ4v) is 2.31. The van der Waals surface area contributed by atoms with Crippen molar-refractivity contribution in [1.29, 1.82) is 5.26 Å². The Labute approximate surface area is 82.4 Å². The Morgan fingerprint density at radius 2 is 2.15 bits per heavy atom. The summed E-state index contributed by atoms with van der Waals surface area (Å²) in [4.78, 5) is 3.25. The molecule has 0 spiro atoms. The molecule has 0 atom stereocenters. The van der Waals surface area contributed by atoms with E-state index in [1.165, 1.54) is 16.2 Å². The van der Waals surface area contributed by atoms with Crippen LogP contribution in [0.2, 0.25) is 0 Å². The van der Waals surface area contributed by atoms with Crippen LogP contribution < -0.4 is 5.73 Å². The molecule has 1 rings (SSSR count). The summed E-state index contributed by atoms with van der Waals surface area (Å²) in [6.07, 6.45) is 0. The van der Waals surface area contributed by atoms with E-state index in [4.69, 9.17) is 11.0 Å². The van der Waals surface area contributed by atoms with Gasteiger partial charge in [-0.15, -0.1) is 11.3 Å². The van der Waals surface area contributed by atoms with Crippen LogP contribution in [0.1, 0.15) is 16.0 Å². The molecule has 4 heteroatoms. The quantitative estimate of drug-likeness (QED) is 0.779. The molecule has 0 fully saturated rings. The first-order valence-electron chi connectivity index (χ1n) is 3.98. The summed E-state index contributed by atoms with van der Waals surface area (Å²) < 4.78 is 0. The van der Waals surface area contributed by atoms with Gasteiger partial charge in [-0.3, -0.25) is 0 Å². The SMILES string of the molecule is Cc1c(CN(C)C)sc(N)c1C#N. The van der Waals surface area contributed by atoms with Crippen molar-refractivity contribution in [1.82, 2.24) is 4.90 Å². The van der Waals surface area contributed by atoms with E-state index < -0.39 is 0 Å². The van der Waals surface area contributed by atoms with Crippen LogP contribution in [0.3, 0.4) is 0 Å². The van der Waals surface area contributed by atoms with Gasteiger partial charge in [0.05, 0.1) is 5.56 Å². The first-order valence-corrected chi connectivity index (χ1v) is 4.80. The topological polar surface area (TPSA) is 53.0 Å². The second-order valence-electron chi connectivity index (χ2n) is 3.24. The monoisotopic (exact) mass is 195 g/mol. The van der Waals surface area contributed by atoms with Gasteiger partial charge in [0.1, 0.15) is 11.1 Å². The summed E-state index contributed by atoms with van der Waals surface area (Å²) >= 11 is 1.51. The van der Waals surface area contributed by atoms with Crippen molar-refractivity contribution in [2.75, 3.05) is 19.8 Å². The number of hydrogen-bond acceptors (Lipinski definition) is 4. The smallest absolute Gasteiger partial charge is 0.104 e. The van der Waals surface area contributed by atoms with Gasteiger partial charge in [0, 0.05) is 11.4 Å². The lowest BCUT2D eigenvalue weighted by Gasteiger charge is -2.07. The number of thiophene rings is 1. The Balaban J connectivity index is 3.05. The summed E-state index contributed by atoms with van der Waals surface area (Å²) in [6.45, 7) is 2.80. The third-order valence-corrected chi connectivity index (χ3v) is 2.95. The van der Waals surface area contributed by atoms with E-state index in [-0.39, 0.29) is 0 Å². The van der Waals surface area contributed by atoms with E-state index >= 15 is 0 Å². The Hall–Kier alpha value is -1.05. The zero-order chi connectivity index (χ0) is 10.0. The lowest BCUT2D eigenvalue weighted by Crippen LogP contribution is -2.10. The first kappa shape index (κ1) is 10.0. The second-order valence-corrected chi connectivity index (χ2v) is 4.38. The average Bonchev–Trinajstić information content (AvgIpc) is 2.26. The summed E-state index contributed by atoms with van der Waals surface area (Å²) in [7, 11) is 4.00. The Kier molecular flexibility index (Phi) is 2.91. The van der Waals surface area contributed by atoms with Crippen molar-refractivity contribution in [3.8, 4) is 6.07 Å². The van der Waals surface area contributed by atoms with E-state index in [0.717, 1.165) is 12.1 Å². The third-order valence-electron chi connectivity index (χ3n) is 1.84. The van der Waals surface area contributed by atoms with Gasteiger partial charge in [0.2, 0.25) is 0 Å². The van der Waals surface area contributed by atoms with Crippen molar-refractivity contribution < 1.29 is 0 Å². The molecule has 0 amide bonds. The highest BCUT2D eigenvalue weighted by molar-refractivity contribution is 7.16. The second kappa shape index (κ2) is 3.77. The standard InChI is InChI=1S/C9H13N3S/c1-6-7(4-10)9(11)13-8(6)5-12(2)3/h5,11H2,1-3H3. The van der Waals surface area contributed by atoms with Crippen LogP contribution >= 0.6 is 11.3 Å². The molecule has 2 N–H and O–H groups in total. The van der Waals surface area contributed by atoms with E-state index in [0.29, 0.717) is 10.6 Å². The molecular formula is C9H13N3S. The molecule has 3 nitrogen and oxygen atoms in total. The van der Waals surface area contributed by atoms with Crippen molar-refractivity contribution in [3.05, 3.63) is 16.0 Å². The maximum Gasteiger partial charge on any atom is 0.104 e. The molecule has 1 aromatic rings. The lowest BCUT2D eigenvalue weighted by molar-refractivity contribution is 0.405. The zero-order valence-corrected chi connectivity index (χ0v) is 8.90. The Bertz CT molecular complexity index is 346. The largest absolute Gasteiger partial charge is 0.389 e. The lowest BCUT2D eigenvalue weighted by atomic mass is 10.2. The predicted molar refractivity (Wildman–Crippen MR) is 55.6 cm³/mol. The number of nitrogen functional groups attached to an aromatic ring is 1. The zero-order valence-electron chi connectivity index (χ0n) is 8.09. The maximum absolute atomic E-state index is 8.81. The number of nitrogens with two attached hydrogens (primary N) is 1. The molecule has 70 valence electrons. The van der Waals surface area contributed by atoms with E-state index in [1.807, 2.05) is 21.0 Å². The molecule has 0 saturated heterocycles. The van der Waals surface area contributed by atoms with E-state index in [9.17, 15) is 0 Å². The normalized spacial score (nSPS) is 10.4. The first-order chi connectivity index (χ1) is 6.06. The summed E-state index contributed by atoms with van der Waals surface area (Å²) in [5.41, 5.74) is 7.37.